The van der Waals surface area contributed by atoms with E-state index in [0.29, 0.717) is 0 Å². The van der Waals surface area contributed by atoms with Gasteiger partial charge < -0.3 is 14.9 Å². The molecule has 1 aromatic carbocycles. The van der Waals surface area contributed by atoms with Crippen molar-refractivity contribution >= 4 is 5.97 Å². The Labute approximate surface area is 103 Å². The Morgan fingerprint density at radius 2 is 1.32 bits per heavy atom. The smallest absolute Gasteiger partial charge is 0.346 e. The molecule has 0 saturated carbocycles. The van der Waals surface area contributed by atoms with Crippen LogP contribution in [0.5, 0.6) is 0 Å². The summed E-state index contributed by atoms with van der Waals surface area (Å²) in [5, 5.41) is 17.7. The zero-order valence-electron chi connectivity index (χ0n) is 9.26. The lowest BCUT2D eigenvalue weighted by Crippen LogP contribution is -2.29. The molecule has 2 unspecified atom stereocenters. The number of benzene rings is 1. The molecule has 4 nitrogen and oxygen atoms in total. The van der Waals surface area contributed by atoms with Crippen LogP contribution in [0, 0.1) is 29.1 Å². The molecule has 1 aromatic rings. The highest BCUT2D eigenvalue weighted by molar-refractivity contribution is 5.90. The molecule has 0 aliphatic carbocycles. The van der Waals surface area contributed by atoms with Crippen LogP contribution in [0.2, 0.25) is 0 Å². The minimum absolute atomic E-state index is 0.969. The maximum atomic E-state index is 13.1. The van der Waals surface area contributed by atoms with Crippen LogP contribution in [0.1, 0.15) is 17.3 Å². The highest BCUT2D eigenvalue weighted by atomic mass is 19.2. The molecule has 0 amide bonds. The number of carbonyl (C=O) groups excluding carboxylic acids is 1. The molecule has 2 atom stereocenters. The minimum Gasteiger partial charge on any atom is -0.429 e. The van der Waals surface area contributed by atoms with Gasteiger partial charge in [-0.15, -0.1) is 0 Å². The van der Waals surface area contributed by atoms with Crippen molar-refractivity contribution in [2.75, 3.05) is 0 Å². The standard InChI is InChI=1S/C10H7F5O4/c1-2(16)9(17)19-10(18)3-4(11)6(13)8(15)7(14)5(3)12/h2,9,16-17H,1H3. The molecule has 0 aliphatic rings. The van der Waals surface area contributed by atoms with E-state index in [1.165, 1.54) is 0 Å². The fraction of sp³-hybridized carbons (Fsp3) is 0.300. The third-order valence-corrected chi connectivity index (χ3v) is 2.05. The van der Waals surface area contributed by atoms with Crippen molar-refractivity contribution in [1.29, 1.82) is 0 Å². The van der Waals surface area contributed by atoms with E-state index in [0.717, 1.165) is 6.92 Å². The van der Waals surface area contributed by atoms with Crippen molar-refractivity contribution in [3.8, 4) is 0 Å². The van der Waals surface area contributed by atoms with Crippen LogP contribution in [-0.4, -0.2) is 28.6 Å². The maximum absolute atomic E-state index is 13.1. The van der Waals surface area contributed by atoms with E-state index < -0.39 is 53.0 Å². The Hall–Kier alpha value is -1.74. The number of halogens is 5. The zero-order chi connectivity index (χ0) is 14.9. The molecule has 0 heterocycles. The van der Waals surface area contributed by atoms with Crippen LogP contribution < -0.4 is 0 Å². The van der Waals surface area contributed by atoms with E-state index in [1.54, 1.807) is 0 Å². The molecule has 1 rings (SSSR count). The first-order valence-corrected chi connectivity index (χ1v) is 4.77. The fourth-order valence-electron chi connectivity index (χ4n) is 1.05. The van der Waals surface area contributed by atoms with Gasteiger partial charge in [0.15, 0.2) is 23.3 Å². The van der Waals surface area contributed by atoms with Crippen molar-refractivity contribution in [3.63, 3.8) is 0 Å². The number of carbonyl (C=O) groups is 1. The van der Waals surface area contributed by atoms with E-state index in [4.69, 9.17) is 10.2 Å². The highest BCUT2D eigenvalue weighted by Gasteiger charge is 2.32. The van der Waals surface area contributed by atoms with E-state index in [9.17, 15) is 26.7 Å². The van der Waals surface area contributed by atoms with Crippen LogP contribution in [0.15, 0.2) is 0 Å². The predicted octanol–water partition coefficient (Wildman–Crippen LogP) is 1.24. The van der Waals surface area contributed by atoms with E-state index in [1.807, 2.05) is 0 Å². The topological polar surface area (TPSA) is 66.8 Å². The first kappa shape index (κ1) is 15.3. The van der Waals surface area contributed by atoms with Gasteiger partial charge in [0.05, 0.1) is 0 Å². The molecule has 0 radical (unpaired) electrons. The van der Waals surface area contributed by atoms with Gasteiger partial charge in [0.2, 0.25) is 12.1 Å². The molecule has 9 heteroatoms. The summed E-state index contributed by atoms with van der Waals surface area (Å²) >= 11 is 0. The summed E-state index contributed by atoms with van der Waals surface area (Å²) in [4.78, 5) is 11.2. The van der Waals surface area contributed by atoms with Gasteiger partial charge in [0.1, 0.15) is 11.7 Å². The summed E-state index contributed by atoms with van der Waals surface area (Å²) in [5.41, 5.74) is -1.85. The average molecular weight is 286 g/mol. The molecule has 0 aliphatic heterocycles. The van der Waals surface area contributed by atoms with Crippen molar-refractivity contribution < 1.29 is 41.7 Å². The Morgan fingerprint density at radius 1 is 0.947 bits per heavy atom. The summed E-state index contributed by atoms with van der Waals surface area (Å²) < 4.78 is 68.5. The van der Waals surface area contributed by atoms with Gasteiger partial charge in [-0.05, 0) is 6.92 Å². The molecule has 106 valence electrons. The first-order chi connectivity index (χ1) is 8.68. The molecule has 0 fully saturated rings. The number of esters is 1. The number of aliphatic hydroxyl groups is 2. The van der Waals surface area contributed by atoms with Gasteiger partial charge in [-0.2, -0.15) is 0 Å². The number of ether oxygens (including phenoxy) is 1. The summed E-state index contributed by atoms with van der Waals surface area (Å²) in [6, 6.07) is 0. The van der Waals surface area contributed by atoms with Gasteiger partial charge in [-0.3, -0.25) is 0 Å². The molecule has 0 bridgehead atoms. The van der Waals surface area contributed by atoms with E-state index in [2.05, 4.69) is 4.74 Å². The number of hydrogen-bond donors (Lipinski definition) is 2. The normalized spacial score (nSPS) is 14.1. The molecule has 19 heavy (non-hydrogen) atoms. The summed E-state index contributed by atoms with van der Waals surface area (Å²) in [7, 11) is 0. The lowest BCUT2D eigenvalue weighted by atomic mass is 10.1. The second-order valence-corrected chi connectivity index (χ2v) is 3.48. The quantitative estimate of drug-likeness (QED) is 0.288. The van der Waals surface area contributed by atoms with Crippen molar-refractivity contribution in [3.05, 3.63) is 34.6 Å². The Balaban J connectivity index is 3.25. The summed E-state index contributed by atoms with van der Waals surface area (Å²) in [6.45, 7) is 0.969. The second-order valence-electron chi connectivity index (χ2n) is 3.48. The van der Waals surface area contributed by atoms with Crippen LogP contribution in [-0.2, 0) is 4.74 Å². The predicted molar refractivity (Wildman–Crippen MR) is 49.3 cm³/mol. The summed E-state index contributed by atoms with van der Waals surface area (Å²) in [6.07, 6.45) is -3.80. The second kappa shape index (κ2) is 5.49. The van der Waals surface area contributed by atoms with Gasteiger partial charge in [-0.25, -0.2) is 26.7 Å². The van der Waals surface area contributed by atoms with Crippen LogP contribution in [0.3, 0.4) is 0 Å². The van der Waals surface area contributed by atoms with Crippen molar-refractivity contribution in [2.45, 2.75) is 19.3 Å². The fourth-order valence-corrected chi connectivity index (χ4v) is 1.05. The molecular weight excluding hydrogens is 279 g/mol. The first-order valence-electron chi connectivity index (χ1n) is 4.77. The lowest BCUT2D eigenvalue weighted by Gasteiger charge is -2.15. The lowest BCUT2D eigenvalue weighted by molar-refractivity contribution is -0.123. The molecule has 0 saturated heterocycles. The third-order valence-electron chi connectivity index (χ3n) is 2.05. The highest BCUT2D eigenvalue weighted by Crippen LogP contribution is 2.23. The van der Waals surface area contributed by atoms with Gasteiger partial charge in [0.25, 0.3) is 0 Å². The Kier molecular flexibility index (Phi) is 4.43. The number of rotatable bonds is 3. The summed E-state index contributed by atoms with van der Waals surface area (Å²) in [5.74, 6) is -13.9. The van der Waals surface area contributed by atoms with E-state index >= 15 is 0 Å². The Morgan fingerprint density at radius 3 is 1.68 bits per heavy atom. The van der Waals surface area contributed by atoms with Crippen LogP contribution in [0.4, 0.5) is 22.0 Å². The van der Waals surface area contributed by atoms with Crippen molar-refractivity contribution in [2.24, 2.45) is 0 Å². The number of hydrogen-bond acceptors (Lipinski definition) is 4. The Bertz CT molecular complexity index is 488. The molecule has 0 spiro atoms. The van der Waals surface area contributed by atoms with Crippen LogP contribution in [0.25, 0.3) is 0 Å². The number of aliphatic hydroxyl groups excluding tert-OH is 2. The molecule has 0 aromatic heterocycles. The largest absolute Gasteiger partial charge is 0.429 e. The van der Waals surface area contributed by atoms with Gasteiger partial charge >= 0.3 is 5.97 Å². The molecule has 2 N–H and O–H groups in total. The molecular formula is C10H7F5O4. The van der Waals surface area contributed by atoms with Gasteiger partial charge in [-0.1, -0.05) is 0 Å². The van der Waals surface area contributed by atoms with Crippen LogP contribution >= 0.6 is 0 Å². The average Bonchev–Trinajstić information content (AvgIpc) is 2.34. The monoisotopic (exact) mass is 286 g/mol. The maximum Gasteiger partial charge on any atom is 0.346 e. The minimum atomic E-state index is -2.43. The third kappa shape index (κ3) is 2.82. The van der Waals surface area contributed by atoms with E-state index in [-0.39, 0.29) is 0 Å². The van der Waals surface area contributed by atoms with Crippen molar-refractivity contribution in [1.82, 2.24) is 0 Å². The SMILES string of the molecule is CC(O)C(O)OC(=O)c1c(F)c(F)c(F)c(F)c1F. The zero-order valence-corrected chi connectivity index (χ0v) is 9.26. The van der Waals surface area contributed by atoms with Gasteiger partial charge in [0, 0.05) is 0 Å².